The summed E-state index contributed by atoms with van der Waals surface area (Å²) in [6, 6.07) is 11.4. The van der Waals surface area contributed by atoms with E-state index in [4.69, 9.17) is 20.9 Å². The molecular weight excluding hydrogens is 540 g/mol. The number of Topliss-reactive ketones (excluding diaryl/α,β-unsaturated/α-hetero) is 1. The van der Waals surface area contributed by atoms with E-state index >= 15 is 0 Å². The fourth-order valence-electron chi connectivity index (χ4n) is 7.58. The number of carboxylic acids is 1. The third kappa shape index (κ3) is 5.00. The zero-order valence-electron chi connectivity index (χ0n) is 22.3. The minimum atomic E-state index is -4.08. The molecule has 3 aliphatic carbocycles. The highest BCUT2D eigenvalue weighted by molar-refractivity contribution is 7.85. The molecule has 39 heavy (non-hydrogen) atoms. The first-order valence-electron chi connectivity index (χ1n) is 13.5. The quantitative estimate of drug-likeness (QED) is 0.438. The van der Waals surface area contributed by atoms with Crippen molar-refractivity contribution in [3.63, 3.8) is 0 Å². The summed E-state index contributed by atoms with van der Waals surface area (Å²) in [4.78, 5) is 23.1. The van der Waals surface area contributed by atoms with Crippen LogP contribution >= 0.6 is 11.6 Å². The molecule has 2 aromatic rings. The molecule has 3 atom stereocenters. The summed E-state index contributed by atoms with van der Waals surface area (Å²) in [7, 11) is -4.08. The van der Waals surface area contributed by atoms with E-state index in [0.717, 1.165) is 54.9 Å². The van der Waals surface area contributed by atoms with Crippen LogP contribution in [-0.4, -0.2) is 42.2 Å². The molecule has 2 saturated carbocycles. The van der Waals surface area contributed by atoms with Crippen molar-refractivity contribution in [3.05, 3.63) is 63.7 Å². The summed E-state index contributed by atoms with van der Waals surface area (Å²) >= 11 is 6.17. The van der Waals surface area contributed by atoms with E-state index < -0.39 is 27.3 Å². The summed E-state index contributed by atoms with van der Waals surface area (Å²) in [5.74, 6) is -0.178. The number of aromatic carboxylic acids is 1. The van der Waals surface area contributed by atoms with Crippen molar-refractivity contribution in [2.75, 3.05) is 12.4 Å². The number of fused-ring (bicyclic) bond motifs is 5. The number of halogens is 1. The van der Waals surface area contributed by atoms with E-state index in [1.165, 1.54) is 11.1 Å². The van der Waals surface area contributed by atoms with Crippen LogP contribution in [-0.2, 0) is 33.2 Å². The van der Waals surface area contributed by atoms with Crippen molar-refractivity contribution >= 4 is 33.5 Å². The normalized spacial score (nSPS) is 28.5. The molecule has 0 unspecified atom stereocenters. The molecule has 0 radical (unpaired) electrons. The molecule has 210 valence electrons. The molecule has 0 saturated heterocycles. The number of aryl methyl sites for hydroxylation is 2. The minimum absolute atomic E-state index is 0.000575. The number of hydrogen-bond donors (Lipinski definition) is 2. The Hall–Kier alpha value is -2.42. The number of carboxylic acid groups (broad SMARTS) is 1. The van der Waals surface area contributed by atoms with Crippen LogP contribution < -0.4 is 4.74 Å². The number of rotatable bonds is 3. The van der Waals surface area contributed by atoms with E-state index in [9.17, 15) is 23.1 Å². The van der Waals surface area contributed by atoms with Crippen molar-refractivity contribution < 1.29 is 32.4 Å². The van der Waals surface area contributed by atoms with Crippen LogP contribution in [0.3, 0.4) is 0 Å². The Morgan fingerprint density at radius 1 is 1.08 bits per heavy atom. The highest BCUT2D eigenvalue weighted by atomic mass is 35.5. The fraction of sp³-hybridized carbons (Fsp3) is 0.533. The van der Waals surface area contributed by atoms with Crippen molar-refractivity contribution in [2.45, 2.75) is 70.6 Å². The first-order valence-corrected chi connectivity index (χ1v) is 15.5. The average Bonchev–Trinajstić information content (AvgIpc) is 3.10. The number of ether oxygens (including phenoxy) is 1. The van der Waals surface area contributed by atoms with E-state index in [0.29, 0.717) is 25.0 Å². The van der Waals surface area contributed by atoms with Crippen LogP contribution in [0.25, 0.3) is 0 Å². The molecule has 2 fully saturated rings. The minimum Gasteiger partial charge on any atom is -0.492 e. The maximum Gasteiger partial charge on any atom is 0.335 e. The van der Waals surface area contributed by atoms with Gasteiger partial charge in [0, 0.05) is 16.9 Å². The van der Waals surface area contributed by atoms with Gasteiger partial charge in [0.2, 0.25) is 0 Å². The Labute approximate surface area is 234 Å². The van der Waals surface area contributed by atoms with Gasteiger partial charge in [-0.25, -0.2) is 4.79 Å². The number of hydrogen-bond acceptors (Lipinski definition) is 5. The molecule has 4 aliphatic rings. The first-order chi connectivity index (χ1) is 18.3. The second kappa shape index (κ2) is 9.89. The van der Waals surface area contributed by atoms with Gasteiger partial charge in [0.25, 0.3) is 10.1 Å². The van der Waals surface area contributed by atoms with Crippen molar-refractivity contribution in [1.82, 2.24) is 0 Å². The lowest BCUT2D eigenvalue weighted by Gasteiger charge is -2.38. The summed E-state index contributed by atoms with van der Waals surface area (Å²) < 4.78 is 37.1. The Kier molecular flexibility index (Phi) is 7.13. The second-order valence-corrected chi connectivity index (χ2v) is 14.1. The lowest BCUT2D eigenvalue weighted by atomic mass is 9.68. The van der Waals surface area contributed by atoms with E-state index in [1.54, 1.807) is 18.2 Å². The van der Waals surface area contributed by atoms with Crippen LogP contribution in [0.15, 0.2) is 36.4 Å². The number of carbonyl (C=O) groups is 2. The number of carbonyl (C=O) groups excluding carboxylic acids is 1. The lowest BCUT2D eigenvalue weighted by Crippen LogP contribution is -2.42. The van der Waals surface area contributed by atoms with Gasteiger partial charge >= 0.3 is 5.97 Å². The molecule has 1 heterocycles. The van der Waals surface area contributed by atoms with Gasteiger partial charge in [0.1, 0.15) is 11.5 Å². The topological polar surface area (TPSA) is 118 Å². The molecule has 2 N–H and O–H groups in total. The van der Waals surface area contributed by atoms with Gasteiger partial charge in [-0.1, -0.05) is 31.5 Å². The van der Waals surface area contributed by atoms with E-state index in [-0.39, 0.29) is 22.5 Å². The Balaban J connectivity index is 0.000000177. The molecule has 0 amide bonds. The van der Waals surface area contributed by atoms with Crippen LogP contribution in [0.2, 0.25) is 5.02 Å². The summed E-state index contributed by atoms with van der Waals surface area (Å²) in [5.41, 5.74) is 2.88. The van der Waals surface area contributed by atoms with Gasteiger partial charge < -0.3 is 9.84 Å². The molecule has 1 spiro atoms. The summed E-state index contributed by atoms with van der Waals surface area (Å²) in [6.45, 7) is 4.53. The molecule has 7 nitrogen and oxygen atoms in total. The zero-order chi connectivity index (χ0) is 28.2. The number of ketones is 1. The van der Waals surface area contributed by atoms with Gasteiger partial charge in [-0.3, -0.25) is 9.35 Å². The fourth-order valence-corrected chi connectivity index (χ4v) is 9.07. The van der Waals surface area contributed by atoms with Crippen LogP contribution in [0.5, 0.6) is 5.75 Å². The third-order valence-electron chi connectivity index (χ3n) is 9.99. The van der Waals surface area contributed by atoms with Crippen LogP contribution in [0.4, 0.5) is 0 Å². The average molecular weight is 575 g/mol. The maximum atomic E-state index is 11.9. The van der Waals surface area contributed by atoms with E-state index in [2.05, 4.69) is 12.1 Å². The highest BCUT2D eigenvalue weighted by Gasteiger charge is 2.65. The molecule has 6 rings (SSSR count). The summed E-state index contributed by atoms with van der Waals surface area (Å²) in [6.07, 6.45) is 7.07. The van der Waals surface area contributed by atoms with Gasteiger partial charge in [-0.2, -0.15) is 8.42 Å². The number of benzene rings is 2. The predicted molar refractivity (Wildman–Crippen MR) is 148 cm³/mol. The smallest absolute Gasteiger partial charge is 0.335 e. The Morgan fingerprint density at radius 3 is 2.49 bits per heavy atom. The Bertz CT molecular complexity index is 1430. The molecule has 1 aliphatic heterocycles. The second-order valence-electron chi connectivity index (χ2n) is 12.2. The largest absolute Gasteiger partial charge is 0.492 e. The van der Waals surface area contributed by atoms with Crippen molar-refractivity contribution in [1.29, 1.82) is 0 Å². The maximum absolute atomic E-state index is 11.9. The Morgan fingerprint density at radius 2 is 1.85 bits per heavy atom. The molecule has 2 bridgehead atoms. The highest BCUT2D eigenvalue weighted by Crippen LogP contribution is 2.64. The molecule has 9 heteroatoms. The lowest BCUT2D eigenvalue weighted by molar-refractivity contribution is -0.128. The molecule has 2 aromatic carbocycles. The standard InChI is InChI=1S/C20H19ClO3.C10H16O4S/c21-16-4-5-17-13(11-16)2-1-8-20(17)9-7-14-10-15(19(22)23)3-6-18(14)24-12-20;1-9(2)7-3-4-10(9,8(11)5-7)6-15(12,13)14/h3-6,10-11H,1-2,7-9,12H2,(H,22,23);7H,3-6H2,1-2H3,(H,12,13,14)/t20-;7-,10-/m01/s1. The van der Waals surface area contributed by atoms with Gasteiger partial charge in [-0.15, -0.1) is 0 Å². The van der Waals surface area contributed by atoms with Crippen LogP contribution in [0, 0.1) is 16.7 Å². The van der Waals surface area contributed by atoms with Gasteiger partial charge in [0.15, 0.2) is 0 Å². The van der Waals surface area contributed by atoms with Gasteiger partial charge in [-0.05, 0) is 103 Å². The van der Waals surface area contributed by atoms with Crippen molar-refractivity contribution in [3.8, 4) is 5.75 Å². The van der Waals surface area contributed by atoms with Crippen molar-refractivity contribution in [2.24, 2.45) is 16.7 Å². The molecule has 0 aromatic heterocycles. The monoisotopic (exact) mass is 574 g/mol. The zero-order valence-corrected chi connectivity index (χ0v) is 23.9. The third-order valence-corrected chi connectivity index (χ3v) is 11.1. The SMILES string of the molecule is CC1(C)[C@@H]2CC[C@@]1(CS(=O)(=O)O)C(=O)C2.O=C(O)c1ccc2c(c1)CC[C@@]1(CCCc3cc(Cl)ccc31)CO2. The predicted octanol–water partition coefficient (Wildman–Crippen LogP) is 5.91. The van der Waals surface area contributed by atoms with Crippen LogP contribution in [0.1, 0.15) is 79.4 Å². The van der Waals surface area contributed by atoms with Gasteiger partial charge in [0.05, 0.1) is 23.3 Å². The summed E-state index contributed by atoms with van der Waals surface area (Å²) in [5, 5.41) is 9.99. The van der Waals surface area contributed by atoms with E-state index in [1.807, 2.05) is 19.9 Å². The molecular formula is C30H35ClO7S. The first kappa shape index (κ1) is 28.1.